The summed E-state index contributed by atoms with van der Waals surface area (Å²) in [5, 5.41) is 3.04. The number of carbonyl (C=O) groups excluding carboxylic acids is 1. The number of amides is 1. The van der Waals surface area contributed by atoms with Crippen LogP contribution in [-0.2, 0) is 6.42 Å². The number of nitrogens with zero attached hydrogens (tertiary/aromatic N) is 2. The molecule has 1 aliphatic carbocycles. The number of nitrogens with one attached hydrogen (secondary N) is 1. The second-order valence-corrected chi connectivity index (χ2v) is 4.89. The van der Waals surface area contributed by atoms with E-state index in [2.05, 4.69) is 10.3 Å². The maximum atomic E-state index is 12.3. The Morgan fingerprint density at radius 1 is 1.56 bits per heavy atom. The van der Waals surface area contributed by atoms with Crippen molar-refractivity contribution in [3.63, 3.8) is 0 Å². The molecule has 94 valence electrons. The molecule has 1 saturated carbocycles. The molecule has 18 heavy (non-hydrogen) atoms. The Morgan fingerprint density at radius 2 is 2.33 bits per heavy atom. The molecule has 3 rings (SSSR count). The molecule has 0 bridgehead atoms. The molecule has 0 atom stereocenters. The van der Waals surface area contributed by atoms with E-state index in [1.165, 1.54) is 0 Å². The van der Waals surface area contributed by atoms with Gasteiger partial charge in [-0.3, -0.25) is 9.20 Å². The van der Waals surface area contributed by atoms with Crippen LogP contribution < -0.4 is 5.32 Å². The number of aromatic nitrogens is 2. The molecule has 1 N–H and O–H groups in total. The van der Waals surface area contributed by atoms with E-state index in [0.29, 0.717) is 11.7 Å². The summed E-state index contributed by atoms with van der Waals surface area (Å²) in [5.41, 5.74) is 3.55. The Hall–Kier alpha value is -1.84. The van der Waals surface area contributed by atoms with E-state index >= 15 is 0 Å². The van der Waals surface area contributed by atoms with E-state index in [4.69, 9.17) is 0 Å². The Labute approximate surface area is 106 Å². The highest BCUT2D eigenvalue weighted by Crippen LogP contribution is 2.21. The minimum atomic E-state index is 0.00690. The molecule has 1 fully saturated rings. The molecular weight excluding hydrogens is 226 g/mol. The van der Waals surface area contributed by atoms with Gasteiger partial charge < -0.3 is 5.32 Å². The molecule has 0 spiro atoms. The van der Waals surface area contributed by atoms with Crippen LogP contribution in [0.4, 0.5) is 0 Å². The van der Waals surface area contributed by atoms with Crippen molar-refractivity contribution in [3.05, 3.63) is 35.3 Å². The van der Waals surface area contributed by atoms with Gasteiger partial charge in [0.1, 0.15) is 11.3 Å². The molecule has 4 nitrogen and oxygen atoms in total. The average molecular weight is 243 g/mol. The van der Waals surface area contributed by atoms with Crippen molar-refractivity contribution in [1.29, 1.82) is 0 Å². The van der Waals surface area contributed by atoms with Crippen LogP contribution in [0, 0.1) is 6.92 Å². The lowest BCUT2D eigenvalue weighted by molar-refractivity contribution is 0.0944. The van der Waals surface area contributed by atoms with Crippen molar-refractivity contribution >= 4 is 11.6 Å². The van der Waals surface area contributed by atoms with Crippen LogP contribution >= 0.6 is 0 Å². The molecule has 1 aliphatic rings. The summed E-state index contributed by atoms with van der Waals surface area (Å²) in [4.78, 5) is 16.9. The molecule has 4 heteroatoms. The monoisotopic (exact) mass is 243 g/mol. The van der Waals surface area contributed by atoms with Crippen LogP contribution in [0.5, 0.6) is 0 Å². The predicted octanol–water partition coefficient (Wildman–Crippen LogP) is 2.10. The number of pyridine rings is 1. The maximum absolute atomic E-state index is 12.3. The van der Waals surface area contributed by atoms with Crippen LogP contribution in [0.3, 0.4) is 0 Å². The third-order valence-electron chi connectivity index (χ3n) is 3.38. The van der Waals surface area contributed by atoms with Gasteiger partial charge in [0.05, 0.1) is 5.69 Å². The van der Waals surface area contributed by atoms with Crippen LogP contribution in [0.2, 0.25) is 0 Å². The van der Waals surface area contributed by atoms with Crippen molar-refractivity contribution < 1.29 is 4.79 Å². The average Bonchev–Trinajstić information content (AvgIpc) is 3.07. The van der Waals surface area contributed by atoms with Crippen molar-refractivity contribution in [2.45, 2.75) is 39.2 Å². The van der Waals surface area contributed by atoms with Gasteiger partial charge in [0, 0.05) is 12.2 Å². The Balaban J connectivity index is 2.12. The lowest BCUT2D eigenvalue weighted by Gasteiger charge is -2.05. The highest BCUT2D eigenvalue weighted by Gasteiger charge is 2.27. The minimum Gasteiger partial charge on any atom is -0.348 e. The quantitative estimate of drug-likeness (QED) is 0.897. The van der Waals surface area contributed by atoms with E-state index in [9.17, 15) is 4.79 Å². The van der Waals surface area contributed by atoms with Gasteiger partial charge in [-0.15, -0.1) is 0 Å². The number of rotatable bonds is 3. The van der Waals surface area contributed by atoms with Crippen LogP contribution in [0.25, 0.3) is 5.65 Å². The standard InChI is InChI=1S/C14H17N3O/c1-3-11-12(14(18)15-10-6-7-10)17-8-4-5-9(2)13(17)16-11/h4-5,8,10H,3,6-7H2,1-2H3,(H,15,18). The Kier molecular flexibility index (Phi) is 2.58. The zero-order valence-electron chi connectivity index (χ0n) is 10.7. The number of hydrogen-bond acceptors (Lipinski definition) is 2. The van der Waals surface area contributed by atoms with E-state index in [1.54, 1.807) is 0 Å². The van der Waals surface area contributed by atoms with E-state index in [-0.39, 0.29) is 5.91 Å². The van der Waals surface area contributed by atoms with Gasteiger partial charge in [-0.25, -0.2) is 4.98 Å². The Morgan fingerprint density at radius 3 is 3.00 bits per heavy atom. The van der Waals surface area contributed by atoms with Crippen LogP contribution in [0.15, 0.2) is 18.3 Å². The van der Waals surface area contributed by atoms with Gasteiger partial charge >= 0.3 is 0 Å². The fourth-order valence-electron chi connectivity index (χ4n) is 2.22. The lowest BCUT2D eigenvalue weighted by atomic mass is 10.2. The first-order valence-electron chi connectivity index (χ1n) is 6.48. The SMILES string of the molecule is CCc1nc2c(C)cccn2c1C(=O)NC1CC1. The summed E-state index contributed by atoms with van der Waals surface area (Å²) in [6, 6.07) is 4.35. The lowest BCUT2D eigenvalue weighted by Crippen LogP contribution is -2.27. The summed E-state index contributed by atoms with van der Waals surface area (Å²) < 4.78 is 1.91. The van der Waals surface area contributed by atoms with Crippen LogP contribution in [-0.4, -0.2) is 21.3 Å². The molecule has 0 unspecified atom stereocenters. The minimum absolute atomic E-state index is 0.00690. The topological polar surface area (TPSA) is 46.4 Å². The Bertz CT molecular complexity index is 611. The number of carbonyl (C=O) groups is 1. The highest BCUT2D eigenvalue weighted by molar-refractivity contribution is 5.95. The van der Waals surface area contributed by atoms with Gasteiger partial charge in [-0.05, 0) is 37.8 Å². The number of imidazole rings is 1. The molecule has 0 saturated heterocycles. The number of hydrogen-bond donors (Lipinski definition) is 1. The zero-order chi connectivity index (χ0) is 12.7. The van der Waals surface area contributed by atoms with Gasteiger partial charge in [-0.1, -0.05) is 13.0 Å². The van der Waals surface area contributed by atoms with Gasteiger partial charge in [0.15, 0.2) is 0 Å². The maximum Gasteiger partial charge on any atom is 0.270 e. The molecule has 2 aromatic rings. The molecule has 1 amide bonds. The largest absolute Gasteiger partial charge is 0.348 e. The molecule has 0 radical (unpaired) electrons. The van der Waals surface area contributed by atoms with Gasteiger partial charge in [0.2, 0.25) is 0 Å². The van der Waals surface area contributed by atoms with Gasteiger partial charge in [0.25, 0.3) is 5.91 Å². The normalized spacial score (nSPS) is 15.0. The van der Waals surface area contributed by atoms with Gasteiger partial charge in [-0.2, -0.15) is 0 Å². The summed E-state index contributed by atoms with van der Waals surface area (Å²) in [5.74, 6) is 0.00690. The first kappa shape index (κ1) is 11.3. The molecule has 2 heterocycles. The third kappa shape index (κ3) is 1.78. The smallest absolute Gasteiger partial charge is 0.270 e. The molecule has 0 aliphatic heterocycles. The van der Waals surface area contributed by atoms with Crippen LogP contribution in [0.1, 0.15) is 41.5 Å². The van der Waals surface area contributed by atoms with Crippen molar-refractivity contribution in [2.24, 2.45) is 0 Å². The van der Waals surface area contributed by atoms with E-state index in [1.807, 2.05) is 36.6 Å². The second-order valence-electron chi connectivity index (χ2n) is 4.89. The first-order valence-corrected chi connectivity index (χ1v) is 6.48. The first-order chi connectivity index (χ1) is 8.70. The van der Waals surface area contributed by atoms with E-state index in [0.717, 1.165) is 36.2 Å². The number of aryl methyl sites for hydroxylation is 2. The molecular formula is C14H17N3O. The fourth-order valence-corrected chi connectivity index (χ4v) is 2.22. The number of fused-ring (bicyclic) bond motifs is 1. The predicted molar refractivity (Wildman–Crippen MR) is 69.8 cm³/mol. The van der Waals surface area contributed by atoms with Crippen molar-refractivity contribution in [3.8, 4) is 0 Å². The summed E-state index contributed by atoms with van der Waals surface area (Å²) in [6.07, 6.45) is 4.89. The third-order valence-corrected chi connectivity index (χ3v) is 3.38. The van der Waals surface area contributed by atoms with Crippen molar-refractivity contribution in [2.75, 3.05) is 0 Å². The summed E-state index contributed by atoms with van der Waals surface area (Å²) in [6.45, 7) is 4.05. The fraction of sp³-hybridized carbons (Fsp3) is 0.429. The summed E-state index contributed by atoms with van der Waals surface area (Å²) in [7, 11) is 0. The zero-order valence-corrected chi connectivity index (χ0v) is 10.7. The summed E-state index contributed by atoms with van der Waals surface area (Å²) >= 11 is 0. The second kappa shape index (κ2) is 4.12. The van der Waals surface area contributed by atoms with Crippen molar-refractivity contribution in [1.82, 2.24) is 14.7 Å². The van der Waals surface area contributed by atoms with E-state index < -0.39 is 0 Å². The molecule has 0 aromatic carbocycles. The molecule has 2 aromatic heterocycles. The highest BCUT2D eigenvalue weighted by atomic mass is 16.2.